The second kappa shape index (κ2) is 6.07. The molecule has 6 nitrogen and oxygen atoms in total. The SMILES string of the molecule is Fc1cc(Cl)cnc1N1C[C@@H]2OCC(n3cccn3)CO[C@H]2C1. The Morgan fingerprint density at radius 2 is 1.96 bits per heavy atom. The van der Waals surface area contributed by atoms with Crippen LogP contribution in [0, 0.1) is 5.82 Å². The molecule has 0 saturated carbocycles. The minimum Gasteiger partial charge on any atom is -0.371 e. The van der Waals surface area contributed by atoms with Crippen molar-refractivity contribution in [3.8, 4) is 0 Å². The molecule has 4 rings (SSSR count). The maximum Gasteiger partial charge on any atom is 0.167 e. The number of anilines is 1. The minimum absolute atomic E-state index is 0.0643. The van der Waals surface area contributed by atoms with Gasteiger partial charge in [-0.05, 0) is 12.1 Å². The first-order valence-corrected chi connectivity index (χ1v) is 7.87. The van der Waals surface area contributed by atoms with Gasteiger partial charge in [0.2, 0.25) is 0 Å². The quantitative estimate of drug-likeness (QED) is 0.837. The van der Waals surface area contributed by atoms with Gasteiger partial charge in [-0.3, -0.25) is 4.68 Å². The standard InChI is InChI=1S/C15H16ClFN4O2/c16-10-4-12(17)15(18-5-10)20-6-13-14(7-20)23-9-11(8-22-13)21-3-1-2-19-21/h1-5,11,13-14H,6-9H2/t13-,14-/m0/s1. The molecule has 0 bridgehead atoms. The molecule has 0 amide bonds. The number of hydrogen-bond acceptors (Lipinski definition) is 5. The Morgan fingerprint density at radius 3 is 2.57 bits per heavy atom. The van der Waals surface area contributed by atoms with Crippen molar-refractivity contribution < 1.29 is 13.9 Å². The van der Waals surface area contributed by atoms with Gasteiger partial charge < -0.3 is 14.4 Å². The zero-order chi connectivity index (χ0) is 15.8. The number of ether oxygens (including phenoxy) is 2. The van der Waals surface area contributed by atoms with Gasteiger partial charge in [0, 0.05) is 31.7 Å². The average Bonchev–Trinajstić information content (AvgIpc) is 3.15. The lowest BCUT2D eigenvalue weighted by Crippen LogP contribution is -2.27. The number of pyridine rings is 1. The highest BCUT2D eigenvalue weighted by molar-refractivity contribution is 6.30. The molecule has 2 fully saturated rings. The molecule has 23 heavy (non-hydrogen) atoms. The fraction of sp³-hybridized carbons (Fsp3) is 0.467. The maximum atomic E-state index is 14.0. The van der Waals surface area contributed by atoms with Crippen molar-refractivity contribution in [2.75, 3.05) is 31.2 Å². The van der Waals surface area contributed by atoms with Gasteiger partial charge in [0.1, 0.15) is 12.2 Å². The molecule has 0 unspecified atom stereocenters. The zero-order valence-electron chi connectivity index (χ0n) is 12.3. The summed E-state index contributed by atoms with van der Waals surface area (Å²) in [5, 5.41) is 4.52. The summed E-state index contributed by atoms with van der Waals surface area (Å²) in [6, 6.07) is 3.21. The van der Waals surface area contributed by atoms with Crippen LogP contribution in [-0.4, -0.2) is 53.3 Å². The van der Waals surface area contributed by atoms with E-state index in [2.05, 4.69) is 10.1 Å². The first-order valence-electron chi connectivity index (χ1n) is 7.49. The van der Waals surface area contributed by atoms with E-state index in [9.17, 15) is 4.39 Å². The summed E-state index contributed by atoms with van der Waals surface area (Å²) in [6.45, 7) is 2.13. The Kier molecular flexibility index (Phi) is 3.92. The topological polar surface area (TPSA) is 52.4 Å². The summed E-state index contributed by atoms with van der Waals surface area (Å²) in [5.41, 5.74) is 0. The third-order valence-corrected chi connectivity index (χ3v) is 4.41. The van der Waals surface area contributed by atoms with Crippen LogP contribution in [0.5, 0.6) is 0 Å². The first-order chi connectivity index (χ1) is 11.2. The van der Waals surface area contributed by atoms with Crippen molar-refractivity contribution in [1.29, 1.82) is 0 Å². The van der Waals surface area contributed by atoms with Crippen molar-refractivity contribution in [2.45, 2.75) is 18.2 Å². The Bertz CT molecular complexity index is 668. The molecule has 0 aromatic carbocycles. The molecule has 4 heterocycles. The van der Waals surface area contributed by atoms with Crippen LogP contribution in [0.4, 0.5) is 10.2 Å². The fourth-order valence-corrected chi connectivity index (χ4v) is 3.19. The highest BCUT2D eigenvalue weighted by Crippen LogP contribution is 2.28. The van der Waals surface area contributed by atoms with E-state index in [1.54, 1.807) is 6.20 Å². The molecular formula is C15H16ClFN4O2. The van der Waals surface area contributed by atoms with E-state index >= 15 is 0 Å². The Balaban J connectivity index is 1.45. The molecule has 2 aliphatic rings. The van der Waals surface area contributed by atoms with Gasteiger partial charge in [0.15, 0.2) is 11.6 Å². The molecule has 0 aliphatic carbocycles. The van der Waals surface area contributed by atoms with E-state index in [1.165, 1.54) is 12.3 Å². The van der Waals surface area contributed by atoms with E-state index in [0.29, 0.717) is 32.1 Å². The van der Waals surface area contributed by atoms with Gasteiger partial charge in [0.25, 0.3) is 0 Å². The van der Waals surface area contributed by atoms with E-state index in [4.69, 9.17) is 21.1 Å². The Morgan fingerprint density at radius 1 is 1.22 bits per heavy atom. The highest BCUT2D eigenvalue weighted by atomic mass is 35.5. The summed E-state index contributed by atoms with van der Waals surface area (Å²) in [5.74, 6) is -0.137. The zero-order valence-corrected chi connectivity index (χ0v) is 13.1. The van der Waals surface area contributed by atoms with Crippen molar-refractivity contribution in [3.63, 3.8) is 0 Å². The summed E-state index contributed by atoms with van der Waals surface area (Å²) in [6.07, 6.45) is 4.88. The normalized spacial score (nSPS) is 25.4. The highest BCUT2D eigenvalue weighted by Gasteiger charge is 2.39. The minimum atomic E-state index is -0.427. The third kappa shape index (κ3) is 2.91. The third-order valence-electron chi connectivity index (χ3n) is 4.21. The average molecular weight is 339 g/mol. The predicted molar refractivity (Wildman–Crippen MR) is 82.2 cm³/mol. The molecule has 2 aromatic heterocycles. The van der Waals surface area contributed by atoms with Crippen LogP contribution in [-0.2, 0) is 9.47 Å². The van der Waals surface area contributed by atoms with Gasteiger partial charge in [0.05, 0.1) is 24.3 Å². The van der Waals surface area contributed by atoms with Crippen LogP contribution in [0.3, 0.4) is 0 Å². The Labute approximate surface area is 137 Å². The number of nitrogens with zero attached hydrogens (tertiary/aromatic N) is 4. The second-order valence-corrected chi connectivity index (χ2v) is 6.18. The van der Waals surface area contributed by atoms with Crippen molar-refractivity contribution in [2.24, 2.45) is 0 Å². The van der Waals surface area contributed by atoms with Crippen LogP contribution in [0.25, 0.3) is 0 Å². The molecule has 2 aromatic rings. The van der Waals surface area contributed by atoms with Crippen LogP contribution in [0.1, 0.15) is 6.04 Å². The largest absolute Gasteiger partial charge is 0.371 e. The van der Waals surface area contributed by atoms with Gasteiger partial charge in [-0.15, -0.1) is 0 Å². The van der Waals surface area contributed by atoms with Gasteiger partial charge >= 0.3 is 0 Å². The Hall–Kier alpha value is -1.70. The van der Waals surface area contributed by atoms with Crippen LogP contribution >= 0.6 is 11.6 Å². The second-order valence-electron chi connectivity index (χ2n) is 5.75. The molecule has 0 N–H and O–H groups in total. The van der Waals surface area contributed by atoms with E-state index in [1.807, 2.05) is 21.8 Å². The lowest BCUT2D eigenvalue weighted by atomic mass is 10.3. The van der Waals surface area contributed by atoms with E-state index in [-0.39, 0.29) is 23.3 Å². The number of fused-ring (bicyclic) bond motifs is 1. The predicted octanol–water partition coefficient (Wildman–Crippen LogP) is 1.92. The van der Waals surface area contributed by atoms with Crippen molar-refractivity contribution in [3.05, 3.63) is 41.6 Å². The van der Waals surface area contributed by atoms with Gasteiger partial charge in [-0.1, -0.05) is 11.6 Å². The van der Waals surface area contributed by atoms with Crippen LogP contribution in [0.15, 0.2) is 30.7 Å². The molecule has 0 radical (unpaired) electrons. The van der Waals surface area contributed by atoms with Crippen LogP contribution in [0.2, 0.25) is 5.02 Å². The number of rotatable bonds is 2. The molecule has 2 aliphatic heterocycles. The molecule has 8 heteroatoms. The maximum absolute atomic E-state index is 14.0. The number of aromatic nitrogens is 3. The van der Waals surface area contributed by atoms with Gasteiger partial charge in [-0.25, -0.2) is 9.37 Å². The molecule has 0 spiro atoms. The van der Waals surface area contributed by atoms with Crippen LogP contribution < -0.4 is 4.90 Å². The fourth-order valence-electron chi connectivity index (χ4n) is 3.04. The number of hydrogen-bond donors (Lipinski definition) is 0. The molecule has 2 atom stereocenters. The lowest BCUT2D eigenvalue weighted by molar-refractivity contribution is -0.00461. The summed E-state index contributed by atoms with van der Waals surface area (Å²) in [4.78, 5) is 5.93. The van der Waals surface area contributed by atoms with Crippen molar-refractivity contribution in [1.82, 2.24) is 14.8 Å². The number of halogens is 2. The van der Waals surface area contributed by atoms with Gasteiger partial charge in [-0.2, -0.15) is 5.10 Å². The lowest BCUT2D eigenvalue weighted by Gasteiger charge is -2.20. The summed E-state index contributed by atoms with van der Waals surface area (Å²) >= 11 is 5.75. The summed E-state index contributed by atoms with van der Waals surface area (Å²) < 4.78 is 27.8. The monoisotopic (exact) mass is 338 g/mol. The molecule has 122 valence electrons. The molecular weight excluding hydrogens is 323 g/mol. The van der Waals surface area contributed by atoms with E-state index < -0.39 is 5.82 Å². The first kappa shape index (κ1) is 14.9. The molecule has 2 saturated heterocycles. The smallest absolute Gasteiger partial charge is 0.167 e. The van der Waals surface area contributed by atoms with E-state index in [0.717, 1.165) is 0 Å². The van der Waals surface area contributed by atoms with Crippen molar-refractivity contribution >= 4 is 17.4 Å². The summed E-state index contributed by atoms with van der Waals surface area (Å²) in [7, 11) is 0.